The molecule has 0 atom stereocenters. The van der Waals surface area contributed by atoms with Gasteiger partial charge in [0.1, 0.15) is 4.21 Å². The van der Waals surface area contributed by atoms with E-state index in [4.69, 9.17) is 0 Å². The molecule has 1 amide bonds. The predicted molar refractivity (Wildman–Crippen MR) is 105 cm³/mol. The van der Waals surface area contributed by atoms with Crippen molar-refractivity contribution in [1.29, 1.82) is 0 Å². The highest BCUT2D eigenvalue weighted by atomic mass is 32.2. The van der Waals surface area contributed by atoms with Gasteiger partial charge in [0.2, 0.25) is 5.91 Å². The van der Waals surface area contributed by atoms with E-state index in [0.717, 1.165) is 29.7 Å². The quantitative estimate of drug-likeness (QED) is 0.546. The number of carbonyl (C=O) groups excluding carboxylic acids is 1. The number of non-ortho nitro benzene ring substituents is 1. The Kier molecular flexibility index (Phi) is 4.94. The molecule has 10 heteroatoms. The van der Waals surface area contributed by atoms with Gasteiger partial charge in [-0.3, -0.25) is 14.9 Å². The molecular weight excluding hydrogens is 402 g/mol. The fourth-order valence-electron chi connectivity index (χ4n) is 3.63. The van der Waals surface area contributed by atoms with Crippen LogP contribution in [0.25, 0.3) is 0 Å². The van der Waals surface area contributed by atoms with E-state index in [1.165, 1.54) is 16.4 Å². The third kappa shape index (κ3) is 3.43. The van der Waals surface area contributed by atoms with E-state index < -0.39 is 14.9 Å². The summed E-state index contributed by atoms with van der Waals surface area (Å²) in [7, 11) is -3.48. The molecule has 1 aromatic carbocycles. The second-order valence-corrected chi connectivity index (χ2v) is 10.2. The summed E-state index contributed by atoms with van der Waals surface area (Å²) in [6.45, 7) is 1.55. The number of fused-ring (bicyclic) bond motifs is 1. The van der Waals surface area contributed by atoms with Gasteiger partial charge in [0.05, 0.1) is 17.0 Å². The van der Waals surface area contributed by atoms with Crippen LogP contribution in [0.2, 0.25) is 0 Å². The molecule has 0 saturated carbocycles. The van der Waals surface area contributed by atoms with Crippen molar-refractivity contribution >= 4 is 38.6 Å². The lowest BCUT2D eigenvalue weighted by Gasteiger charge is -2.16. The maximum Gasteiger partial charge on any atom is 0.271 e. The molecule has 0 N–H and O–H groups in total. The van der Waals surface area contributed by atoms with E-state index >= 15 is 0 Å². The first kappa shape index (κ1) is 19.0. The summed E-state index contributed by atoms with van der Waals surface area (Å²) >= 11 is 1.12. The summed E-state index contributed by atoms with van der Waals surface area (Å²) in [5.74, 6) is -0.189. The molecule has 1 aromatic heterocycles. The molecule has 0 radical (unpaired) electrons. The first-order valence-corrected chi connectivity index (χ1v) is 11.3. The van der Waals surface area contributed by atoms with Crippen LogP contribution in [0.3, 0.4) is 0 Å². The number of amides is 1. The van der Waals surface area contributed by atoms with Crippen molar-refractivity contribution in [3.63, 3.8) is 0 Å². The van der Waals surface area contributed by atoms with Crippen LogP contribution in [0.4, 0.5) is 11.4 Å². The number of benzene rings is 1. The number of sulfonamides is 1. The van der Waals surface area contributed by atoms with Gasteiger partial charge in [-0.25, -0.2) is 8.42 Å². The Bertz CT molecular complexity index is 1040. The summed E-state index contributed by atoms with van der Waals surface area (Å²) in [6, 6.07) is 7.80. The van der Waals surface area contributed by atoms with E-state index in [2.05, 4.69) is 0 Å². The van der Waals surface area contributed by atoms with Gasteiger partial charge in [-0.05, 0) is 37.0 Å². The number of nitrogens with zero attached hydrogens (tertiary/aromatic N) is 3. The summed E-state index contributed by atoms with van der Waals surface area (Å²) < 4.78 is 27.0. The highest BCUT2D eigenvalue weighted by molar-refractivity contribution is 7.91. The average molecular weight is 422 g/mol. The zero-order valence-corrected chi connectivity index (χ0v) is 16.7. The molecule has 0 unspecified atom stereocenters. The maximum absolute atomic E-state index is 12.8. The van der Waals surface area contributed by atoms with Gasteiger partial charge in [-0.1, -0.05) is 6.07 Å². The summed E-state index contributed by atoms with van der Waals surface area (Å²) in [5.41, 5.74) is 1.43. The molecule has 148 valence electrons. The Morgan fingerprint density at radius 1 is 1.14 bits per heavy atom. The van der Waals surface area contributed by atoms with Crippen molar-refractivity contribution in [3.05, 3.63) is 50.9 Å². The number of nitro benzene ring substituents is 1. The molecule has 0 aliphatic carbocycles. The second-order valence-electron chi connectivity index (χ2n) is 6.87. The van der Waals surface area contributed by atoms with Crippen LogP contribution < -0.4 is 4.90 Å². The van der Waals surface area contributed by atoms with E-state index in [-0.39, 0.29) is 22.2 Å². The minimum atomic E-state index is -3.48. The van der Waals surface area contributed by atoms with E-state index in [9.17, 15) is 23.3 Å². The summed E-state index contributed by atoms with van der Waals surface area (Å²) in [6.07, 6.45) is 2.47. The number of rotatable bonds is 5. The van der Waals surface area contributed by atoms with Gasteiger partial charge >= 0.3 is 0 Å². The minimum absolute atomic E-state index is 0.0476. The predicted octanol–water partition coefficient (Wildman–Crippen LogP) is 2.57. The van der Waals surface area contributed by atoms with Gasteiger partial charge in [0.25, 0.3) is 15.7 Å². The Morgan fingerprint density at radius 3 is 2.61 bits per heavy atom. The highest BCUT2D eigenvalue weighted by Gasteiger charge is 2.30. The van der Waals surface area contributed by atoms with Gasteiger partial charge < -0.3 is 4.90 Å². The normalized spacial score (nSPS) is 17.1. The molecule has 0 spiro atoms. The van der Waals surface area contributed by atoms with Crippen LogP contribution in [0.1, 0.15) is 23.3 Å². The fourth-order valence-corrected chi connectivity index (χ4v) is 6.65. The number of nitro groups is 1. The molecule has 4 rings (SSSR count). The largest absolute Gasteiger partial charge is 0.311 e. The molecule has 0 bridgehead atoms. The molecule has 2 aliphatic rings. The van der Waals surface area contributed by atoms with Crippen LogP contribution in [-0.4, -0.2) is 43.2 Å². The topological polar surface area (TPSA) is 101 Å². The zero-order chi connectivity index (χ0) is 19.9. The van der Waals surface area contributed by atoms with Gasteiger partial charge in [-0.15, -0.1) is 11.3 Å². The van der Waals surface area contributed by atoms with Crippen LogP contribution in [-0.2, 0) is 27.7 Å². The third-order valence-electron chi connectivity index (χ3n) is 5.10. The number of hydrogen-bond donors (Lipinski definition) is 0. The smallest absolute Gasteiger partial charge is 0.271 e. The van der Waals surface area contributed by atoms with E-state index in [1.54, 1.807) is 23.1 Å². The molecule has 2 aliphatic heterocycles. The Labute approximate surface area is 166 Å². The molecule has 8 nitrogen and oxygen atoms in total. The average Bonchev–Trinajstić information content (AvgIpc) is 3.41. The number of carbonyl (C=O) groups is 1. The highest BCUT2D eigenvalue weighted by Crippen LogP contribution is 2.33. The standard InChI is InChI=1S/C18H19N3O5S2/c22-17(20-10-7-13-3-4-14(21(23)24)11-16(13)20)12-15-5-6-18(27-15)28(25,26)19-8-1-2-9-19/h3-6,11H,1-2,7-10,12H2. The van der Waals surface area contributed by atoms with Crippen molar-refractivity contribution in [2.75, 3.05) is 24.5 Å². The first-order valence-electron chi connectivity index (χ1n) is 9.03. The minimum Gasteiger partial charge on any atom is -0.311 e. The Morgan fingerprint density at radius 2 is 1.89 bits per heavy atom. The Balaban J connectivity index is 1.51. The molecular formula is C18H19N3O5S2. The maximum atomic E-state index is 12.8. The zero-order valence-electron chi connectivity index (χ0n) is 15.0. The number of thiophene rings is 1. The third-order valence-corrected chi connectivity index (χ3v) is 8.55. The van der Waals surface area contributed by atoms with Crippen LogP contribution in [0, 0.1) is 10.1 Å². The fraction of sp³-hybridized carbons (Fsp3) is 0.389. The Hall–Kier alpha value is -2.30. The van der Waals surface area contributed by atoms with E-state index in [1.807, 2.05) is 0 Å². The first-order chi connectivity index (χ1) is 13.4. The van der Waals surface area contributed by atoms with Crippen LogP contribution >= 0.6 is 11.3 Å². The second kappa shape index (κ2) is 7.26. The summed E-state index contributed by atoms with van der Waals surface area (Å²) in [5, 5.41) is 11.0. The molecule has 2 aromatic rings. The van der Waals surface area contributed by atoms with Crippen molar-refractivity contribution < 1.29 is 18.1 Å². The molecule has 28 heavy (non-hydrogen) atoms. The lowest BCUT2D eigenvalue weighted by molar-refractivity contribution is -0.384. The molecule has 1 fully saturated rings. The van der Waals surface area contributed by atoms with Gasteiger partial charge in [0.15, 0.2) is 0 Å². The van der Waals surface area contributed by atoms with Crippen LogP contribution in [0.15, 0.2) is 34.5 Å². The van der Waals surface area contributed by atoms with Crippen molar-refractivity contribution in [2.45, 2.75) is 29.9 Å². The van der Waals surface area contributed by atoms with Gasteiger partial charge in [-0.2, -0.15) is 4.31 Å². The summed E-state index contributed by atoms with van der Waals surface area (Å²) in [4.78, 5) is 25.5. The molecule has 3 heterocycles. The van der Waals surface area contributed by atoms with Crippen molar-refractivity contribution in [1.82, 2.24) is 4.31 Å². The van der Waals surface area contributed by atoms with Gasteiger partial charge in [0, 0.05) is 36.6 Å². The van der Waals surface area contributed by atoms with Crippen molar-refractivity contribution in [3.8, 4) is 0 Å². The van der Waals surface area contributed by atoms with Crippen LogP contribution in [0.5, 0.6) is 0 Å². The SMILES string of the molecule is O=C(Cc1ccc(S(=O)(=O)N2CCCC2)s1)N1CCc2ccc([N+](=O)[O-])cc21. The number of anilines is 1. The lowest BCUT2D eigenvalue weighted by atomic mass is 10.1. The lowest BCUT2D eigenvalue weighted by Crippen LogP contribution is -2.30. The number of hydrogen-bond acceptors (Lipinski definition) is 6. The van der Waals surface area contributed by atoms with E-state index in [0.29, 0.717) is 36.6 Å². The molecule has 1 saturated heterocycles. The monoisotopic (exact) mass is 421 g/mol. The van der Waals surface area contributed by atoms with Crippen molar-refractivity contribution in [2.24, 2.45) is 0 Å².